The monoisotopic (exact) mass is 224 g/mol. The van der Waals surface area contributed by atoms with Crippen LogP contribution in [-0.4, -0.2) is 22.9 Å². The molecule has 3 heteroatoms. The van der Waals surface area contributed by atoms with Gasteiger partial charge in [0.1, 0.15) is 0 Å². The summed E-state index contributed by atoms with van der Waals surface area (Å²) >= 11 is 0. The lowest BCUT2D eigenvalue weighted by atomic mass is 9.79. The van der Waals surface area contributed by atoms with E-state index in [1.54, 1.807) is 12.5 Å². The molecule has 90 valence electrons. The number of rotatable bonds is 3. The predicted octanol–water partition coefficient (Wildman–Crippen LogP) is 2.53. The summed E-state index contributed by atoms with van der Waals surface area (Å²) in [5, 5.41) is 10.6. The van der Waals surface area contributed by atoms with Gasteiger partial charge in [0.25, 0.3) is 0 Å². The first kappa shape index (κ1) is 11.7. The molecule has 0 bridgehead atoms. The summed E-state index contributed by atoms with van der Waals surface area (Å²) in [6, 6.07) is 1.91. The highest BCUT2D eigenvalue weighted by Crippen LogP contribution is 2.36. The van der Waals surface area contributed by atoms with Gasteiger partial charge in [-0.3, -0.25) is 0 Å². The summed E-state index contributed by atoms with van der Waals surface area (Å²) in [5.41, 5.74) is 0.228. The fraction of sp³-hybridized carbons (Fsp3) is 0.692. The zero-order valence-electron chi connectivity index (χ0n) is 10.0. The Labute approximate surface area is 96.4 Å². The van der Waals surface area contributed by atoms with Gasteiger partial charge in [0.2, 0.25) is 0 Å². The van der Waals surface area contributed by atoms with E-state index in [1.165, 1.54) is 0 Å². The molecule has 2 unspecified atom stereocenters. The number of ether oxygens (including phenoxy) is 1. The van der Waals surface area contributed by atoms with Crippen LogP contribution in [0.2, 0.25) is 0 Å². The van der Waals surface area contributed by atoms with Gasteiger partial charge < -0.3 is 14.3 Å². The highest BCUT2D eigenvalue weighted by atomic mass is 16.5. The van der Waals surface area contributed by atoms with E-state index in [0.717, 1.165) is 12.0 Å². The lowest BCUT2D eigenvalue weighted by Crippen LogP contribution is -2.48. The first-order valence-electron chi connectivity index (χ1n) is 5.93. The lowest BCUT2D eigenvalue weighted by molar-refractivity contribution is -0.152. The molecule has 1 saturated heterocycles. The van der Waals surface area contributed by atoms with Crippen molar-refractivity contribution in [2.75, 3.05) is 6.61 Å². The van der Waals surface area contributed by atoms with Gasteiger partial charge in [0, 0.05) is 12.8 Å². The van der Waals surface area contributed by atoms with Crippen LogP contribution in [0.4, 0.5) is 0 Å². The highest BCUT2D eigenvalue weighted by molar-refractivity contribution is 5.11. The summed E-state index contributed by atoms with van der Waals surface area (Å²) in [7, 11) is 0. The standard InChI is InChI=1S/C13H20O3/c1-3-12(2)10-13(14,5-7-16-12)8-11-4-6-15-9-11/h4,6,9,14H,3,5,7-8,10H2,1-2H3. The molecule has 0 aromatic carbocycles. The topological polar surface area (TPSA) is 42.6 Å². The van der Waals surface area contributed by atoms with Gasteiger partial charge in [0.15, 0.2) is 0 Å². The van der Waals surface area contributed by atoms with Gasteiger partial charge in [-0.25, -0.2) is 0 Å². The minimum Gasteiger partial charge on any atom is -0.472 e. The molecule has 0 amide bonds. The summed E-state index contributed by atoms with van der Waals surface area (Å²) < 4.78 is 10.8. The van der Waals surface area contributed by atoms with Crippen molar-refractivity contribution in [3.05, 3.63) is 24.2 Å². The van der Waals surface area contributed by atoms with E-state index in [0.29, 0.717) is 25.9 Å². The second-order valence-electron chi connectivity index (χ2n) is 5.11. The minimum absolute atomic E-state index is 0.184. The number of hydrogen-bond donors (Lipinski definition) is 1. The quantitative estimate of drug-likeness (QED) is 0.858. The molecular formula is C13H20O3. The molecule has 0 spiro atoms. The van der Waals surface area contributed by atoms with Crippen molar-refractivity contribution < 1.29 is 14.3 Å². The molecular weight excluding hydrogens is 204 g/mol. The maximum Gasteiger partial charge on any atom is 0.0935 e. The second kappa shape index (κ2) is 4.22. The summed E-state index contributed by atoms with van der Waals surface area (Å²) in [6.07, 6.45) is 6.34. The van der Waals surface area contributed by atoms with Crippen LogP contribution in [-0.2, 0) is 11.2 Å². The smallest absolute Gasteiger partial charge is 0.0935 e. The van der Waals surface area contributed by atoms with Crippen LogP contribution in [0.3, 0.4) is 0 Å². The highest BCUT2D eigenvalue weighted by Gasteiger charge is 2.41. The predicted molar refractivity (Wildman–Crippen MR) is 61.2 cm³/mol. The van der Waals surface area contributed by atoms with E-state index in [9.17, 15) is 5.11 Å². The molecule has 1 fully saturated rings. The Balaban J connectivity index is 2.06. The van der Waals surface area contributed by atoms with E-state index in [2.05, 4.69) is 13.8 Å². The first-order chi connectivity index (χ1) is 7.55. The van der Waals surface area contributed by atoms with Crippen LogP contribution in [0, 0.1) is 0 Å². The molecule has 3 nitrogen and oxygen atoms in total. The first-order valence-corrected chi connectivity index (χ1v) is 5.93. The number of furan rings is 1. The normalized spacial score (nSPS) is 35.2. The van der Waals surface area contributed by atoms with Crippen molar-refractivity contribution in [2.45, 2.75) is 50.7 Å². The molecule has 1 aromatic heterocycles. The Hall–Kier alpha value is -0.800. The largest absolute Gasteiger partial charge is 0.472 e. The molecule has 1 aliphatic heterocycles. The van der Waals surface area contributed by atoms with Gasteiger partial charge in [-0.05, 0) is 31.4 Å². The molecule has 0 radical (unpaired) electrons. The SMILES string of the molecule is CCC1(C)CC(O)(Cc2ccoc2)CCO1. The average Bonchev–Trinajstić information content (AvgIpc) is 2.69. The molecule has 2 atom stereocenters. The summed E-state index contributed by atoms with van der Waals surface area (Å²) in [5.74, 6) is 0. The van der Waals surface area contributed by atoms with Gasteiger partial charge >= 0.3 is 0 Å². The van der Waals surface area contributed by atoms with Crippen LogP contribution in [0.5, 0.6) is 0 Å². The lowest BCUT2D eigenvalue weighted by Gasteiger charge is -2.43. The molecule has 16 heavy (non-hydrogen) atoms. The summed E-state index contributed by atoms with van der Waals surface area (Å²) in [6.45, 7) is 4.81. The van der Waals surface area contributed by atoms with Crippen molar-refractivity contribution in [2.24, 2.45) is 0 Å². The van der Waals surface area contributed by atoms with Crippen LogP contribution < -0.4 is 0 Å². The third-order valence-electron chi connectivity index (χ3n) is 3.58. The fourth-order valence-corrected chi connectivity index (χ4v) is 2.47. The van der Waals surface area contributed by atoms with E-state index in [-0.39, 0.29) is 5.60 Å². The van der Waals surface area contributed by atoms with E-state index >= 15 is 0 Å². The van der Waals surface area contributed by atoms with Gasteiger partial charge in [-0.15, -0.1) is 0 Å². The van der Waals surface area contributed by atoms with Crippen molar-refractivity contribution in [1.82, 2.24) is 0 Å². The zero-order valence-corrected chi connectivity index (χ0v) is 10.0. The van der Waals surface area contributed by atoms with Gasteiger partial charge in [-0.1, -0.05) is 6.92 Å². The Morgan fingerprint density at radius 2 is 2.31 bits per heavy atom. The van der Waals surface area contributed by atoms with Crippen LogP contribution >= 0.6 is 0 Å². The Kier molecular flexibility index (Phi) is 3.08. The molecule has 1 aliphatic rings. The Bertz CT molecular complexity index is 333. The molecule has 1 N–H and O–H groups in total. The minimum atomic E-state index is -0.646. The molecule has 1 aromatic rings. The maximum absolute atomic E-state index is 10.6. The van der Waals surface area contributed by atoms with Crippen LogP contribution in [0.1, 0.15) is 38.7 Å². The molecule has 2 rings (SSSR count). The molecule has 0 saturated carbocycles. The van der Waals surface area contributed by atoms with Gasteiger partial charge in [0.05, 0.1) is 30.3 Å². The van der Waals surface area contributed by atoms with Crippen molar-refractivity contribution in [1.29, 1.82) is 0 Å². The van der Waals surface area contributed by atoms with Gasteiger partial charge in [-0.2, -0.15) is 0 Å². The van der Waals surface area contributed by atoms with Crippen molar-refractivity contribution in [3.8, 4) is 0 Å². The Morgan fingerprint density at radius 1 is 1.50 bits per heavy atom. The van der Waals surface area contributed by atoms with E-state index < -0.39 is 5.60 Å². The third kappa shape index (κ3) is 2.47. The second-order valence-corrected chi connectivity index (χ2v) is 5.11. The van der Waals surface area contributed by atoms with Crippen LogP contribution in [0.25, 0.3) is 0 Å². The van der Waals surface area contributed by atoms with E-state index in [1.807, 2.05) is 6.07 Å². The average molecular weight is 224 g/mol. The van der Waals surface area contributed by atoms with E-state index in [4.69, 9.17) is 9.15 Å². The molecule has 2 heterocycles. The van der Waals surface area contributed by atoms with Crippen molar-refractivity contribution >= 4 is 0 Å². The maximum atomic E-state index is 10.6. The summed E-state index contributed by atoms with van der Waals surface area (Å²) in [4.78, 5) is 0. The van der Waals surface area contributed by atoms with Crippen LogP contribution in [0.15, 0.2) is 23.0 Å². The third-order valence-corrected chi connectivity index (χ3v) is 3.58. The Morgan fingerprint density at radius 3 is 2.94 bits per heavy atom. The molecule has 0 aliphatic carbocycles. The number of aliphatic hydroxyl groups is 1. The zero-order chi connectivity index (χ0) is 11.6. The number of hydrogen-bond acceptors (Lipinski definition) is 3. The van der Waals surface area contributed by atoms with Crippen molar-refractivity contribution in [3.63, 3.8) is 0 Å². The fourth-order valence-electron chi connectivity index (χ4n) is 2.47.